The number of ether oxygens (including phenoxy) is 1. The third-order valence-electron chi connectivity index (χ3n) is 5.88. The summed E-state index contributed by atoms with van der Waals surface area (Å²) in [6.45, 7) is 5.14. The smallest absolute Gasteiger partial charge is 0.191 e. The van der Waals surface area contributed by atoms with E-state index in [0.29, 0.717) is 0 Å². The Morgan fingerprint density at radius 3 is 2.47 bits per heavy atom. The topological polar surface area (TPSA) is 48.9 Å². The highest BCUT2D eigenvalue weighted by Gasteiger charge is 2.44. The molecule has 2 fully saturated rings. The summed E-state index contributed by atoms with van der Waals surface area (Å²) in [6.07, 6.45) is 2.36. The second-order valence-corrected chi connectivity index (χ2v) is 8.27. The van der Waals surface area contributed by atoms with E-state index >= 15 is 0 Å². The summed E-state index contributed by atoms with van der Waals surface area (Å²) in [5.41, 5.74) is 3.99. The zero-order valence-corrected chi connectivity index (χ0v) is 20.5. The second kappa shape index (κ2) is 10.7. The first-order valence-corrected chi connectivity index (χ1v) is 10.7. The van der Waals surface area contributed by atoms with Crippen molar-refractivity contribution in [2.45, 2.75) is 24.8 Å². The van der Waals surface area contributed by atoms with Gasteiger partial charge in [0.15, 0.2) is 5.96 Å². The fourth-order valence-corrected chi connectivity index (χ4v) is 4.03. The van der Waals surface area contributed by atoms with Crippen molar-refractivity contribution in [2.24, 2.45) is 4.99 Å². The molecule has 0 amide bonds. The molecule has 5 nitrogen and oxygen atoms in total. The monoisotopic (exact) mass is 540 g/mol. The standard InChI is InChI=1S/C23H29ClN4O.HI/c1-25-22(27-17-23(9-10-23)19-3-2-4-20(24)15-19)26-16-18-5-7-21(8-6-18)28-11-13-29-14-12-28;/h2-8,15H,9-14,16-17H2,1H3,(H2,25,26,27);1H. The molecule has 0 radical (unpaired) electrons. The van der Waals surface area contributed by atoms with E-state index in [1.807, 2.05) is 19.2 Å². The Hall–Kier alpha value is -1.51. The molecule has 7 heteroatoms. The van der Waals surface area contributed by atoms with Crippen molar-refractivity contribution in [3.8, 4) is 0 Å². The number of rotatable bonds is 6. The van der Waals surface area contributed by atoms with Crippen LogP contribution >= 0.6 is 35.6 Å². The highest BCUT2D eigenvalue weighted by molar-refractivity contribution is 14.0. The molecule has 2 aromatic rings. The molecular weight excluding hydrogens is 511 g/mol. The van der Waals surface area contributed by atoms with E-state index in [1.165, 1.54) is 29.7 Å². The van der Waals surface area contributed by atoms with Crippen molar-refractivity contribution in [2.75, 3.05) is 44.8 Å². The molecule has 2 N–H and O–H groups in total. The van der Waals surface area contributed by atoms with Crippen LogP contribution in [0.25, 0.3) is 0 Å². The van der Waals surface area contributed by atoms with E-state index in [1.54, 1.807) is 0 Å². The summed E-state index contributed by atoms with van der Waals surface area (Å²) in [7, 11) is 1.82. The van der Waals surface area contributed by atoms with Crippen LogP contribution in [0.5, 0.6) is 0 Å². The summed E-state index contributed by atoms with van der Waals surface area (Å²) in [5, 5.41) is 7.73. The number of benzene rings is 2. The molecular formula is C23H30ClIN4O. The normalized spacial score (nSPS) is 17.8. The Morgan fingerprint density at radius 1 is 1.10 bits per heavy atom. The van der Waals surface area contributed by atoms with Crippen LogP contribution in [-0.2, 0) is 16.7 Å². The Labute approximate surface area is 201 Å². The van der Waals surface area contributed by atoms with Crippen LogP contribution in [0.3, 0.4) is 0 Å². The van der Waals surface area contributed by atoms with Crippen molar-refractivity contribution in [1.29, 1.82) is 0 Å². The molecule has 0 unspecified atom stereocenters. The van der Waals surface area contributed by atoms with Gasteiger partial charge in [0.2, 0.25) is 0 Å². The van der Waals surface area contributed by atoms with E-state index in [4.69, 9.17) is 16.3 Å². The number of anilines is 1. The number of guanidine groups is 1. The molecule has 2 aromatic carbocycles. The second-order valence-electron chi connectivity index (χ2n) is 7.84. The van der Waals surface area contributed by atoms with Crippen molar-refractivity contribution < 1.29 is 4.74 Å². The average Bonchev–Trinajstić information content (AvgIpc) is 3.56. The third kappa shape index (κ3) is 5.80. The zero-order valence-electron chi connectivity index (χ0n) is 17.4. The van der Waals surface area contributed by atoms with Gasteiger partial charge in [-0.05, 0) is 48.2 Å². The van der Waals surface area contributed by atoms with Crippen LogP contribution in [0.15, 0.2) is 53.5 Å². The van der Waals surface area contributed by atoms with Gasteiger partial charge in [-0.3, -0.25) is 4.99 Å². The Kier molecular flexibility index (Phi) is 8.25. The fourth-order valence-electron chi connectivity index (χ4n) is 3.84. The van der Waals surface area contributed by atoms with Gasteiger partial charge in [-0.2, -0.15) is 0 Å². The molecule has 30 heavy (non-hydrogen) atoms. The van der Waals surface area contributed by atoms with Crippen molar-refractivity contribution >= 4 is 47.2 Å². The third-order valence-corrected chi connectivity index (χ3v) is 6.12. The zero-order chi connectivity index (χ0) is 20.1. The lowest BCUT2D eigenvalue weighted by atomic mass is 9.96. The maximum absolute atomic E-state index is 6.18. The SMILES string of the molecule is CN=C(NCc1ccc(N2CCOCC2)cc1)NCC1(c2cccc(Cl)c2)CC1.I. The van der Waals surface area contributed by atoms with Crippen LogP contribution < -0.4 is 15.5 Å². The van der Waals surface area contributed by atoms with E-state index in [-0.39, 0.29) is 29.4 Å². The first-order valence-electron chi connectivity index (χ1n) is 10.3. The van der Waals surface area contributed by atoms with Crippen molar-refractivity contribution in [1.82, 2.24) is 10.6 Å². The fraction of sp³-hybridized carbons (Fsp3) is 0.435. The number of halogens is 2. The highest BCUT2D eigenvalue weighted by Crippen LogP contribution is 2.48. The van der Waals surface area contributed by atoms with Crippen LogP contribution in [0, 0.1) is 0 Å². The Balaban J connectivity index is 0.00000256. The lowest BCUT2D eigenvalue weighted by Gasteiger charge is -2.29. The van der Waals surface area contributed by atoms with Crippen LogP contribution in [0.4, 0.5) is 5.69 Å². The largest absolute Gasteiger partial charge is 0.378 e. The van der Waals surface area contributed by atoms with Gasteiger partial charge in [-0.15, -0.1) is 24.0 Å². The number of aliphatic imine (C=N–C) groups is 1. The molecule has 1 saturated heterocycles. The molecule has 1 saturated carbocycles. The van der Waals surface area contributed by atoms with E-state index in [9.17, 15) is 0 Å². The highest BCUT2D eigenvalue weighted by atomic mass is 127. The maximum Gasteiger partial charge on any atom is 0.191 e. The van der Waals surface area contributed by atoms with Gasteiger partial charge in [-0.1, -0.05) is 35.9 Å². The quantitative estimate of drug-likeness (QED) is 0.328. The molecule has 4 rings (SSSR count). The van der Waals surface area contributed by atoms with E-state index in [2.05, 4.69) is 56.9 Å². The minimum atomic E-state index is 0. The summed E-state index contributed by atoms with van der Waals surface area (Å²) < 4.78 is 5.43. The van der Waals surface area contributed by atoms with Crippen LogP contribution in [0.2, 0.25) is 5.02 Å². The van der Waals surface area contributed by atoms with Gasteiger partial charge >= 0.3 is 0 Å². The number of hydrogen-bond acceptors (Lipinski definition) is 3. The Bertz CT molecular complexity index is 849. The van der Waals surface area contributed by atoms with Crippen LogP contribution in [0.1, 0.15) is 24.0 Å². The predicted molar refractivity (Wildman–Crippen MR) is 135 cm³/mol. The van der Waals surface area contributed by atoms with Crippen molar-refractivity contribution in [3.63, 3.8) is 0 Å². The van der Waals surface area contributed by atoms with Gasteiger partial charge in [0.25, 0.3) is 0 Å². The first-order chi connectivity index (χ1) is 14.2. The lowest BCUT2D eigenvalue weighted by molar-refractivity contribution is 0.122. The minimum absolute atomic E-state index is 0. The lowest BCUT2D eigenvalue weighted by Crippen LogP contribution is -2.40. The summed E-state index contributed by atoms with van der Waals surface area (Å²) in [6, 6.07) is 17.0. The summed E-state index contributed by atoms with van der Waals surface area (Å²) >= 11 is 6.18. The van der Waals surface area contributed by atoms with Gasteiger partial charge in [0.05, 0.1) is 13.2 Å². The predicted octanol–water partition coefficient (Wildman–Crippen LogP) is 4.19. The molecule has 0 aromatic heterocycles. The number of nitrogens with one attached hydrogen (secondary N) is 2. The average molecular weight is 541 g/mol. The number of nitrogens with zero attached hydrogens (tertiary/aromatic N) is 2. The minimum Gasteiger partial charge on any atom is -0.378 e. The number of hydrogen-bond donors (Lipinski definition) is 2. The maximum atomic E-state index is 6.18. The Morgan fingerprint density at radius 2 is 1.83 bits per heavy atom. The summed E-state index contributed by atoms with van der Waals surface area (Å²) in [4.78, 5) is 6.75. The molecule has 0 bridgehead atoms. The van der Waals surface area contributed by atoms with Gasteiger partial charge in [-0.25, -0.2) is 0 Å². The van der Waals surface area contributed by atoms with Crippen molar-refractivity contribution in [3.05, 3.63) is 64.7 Å². The van der Waals surface area contributed by atoms with E-state index in [0.717, 1.165) is 50.4 Å². The molecule has 1 aliphatic heterocycles. The molecule has 0 spiro atoms. The van der Waals surface area contributed by atoms with Gasteiger partial charge in [0, 0.05) is 49.4 Å². The van der Waals surface area contributed by atoms with Gasteiger partial charge < -0.3 is 20.3 Å². The van der Waals surface area contributed by atoms with Gasteiger partial charge in [0.1, 0.15) is 0 Å². The number of morpholine rings is 1. The van der Waals surface area contributed by atoms with Crippen LogP contribution in [-0.4, -0.2) is 45.9 Å². The molecule has 0 atom stereocenters. The molecule has 162 valence electrons. The molecule has 1 aliphatic carbocycles. The first kappa shape index (κ1) is 23.2. The molecule has 1 heterocycles. The summed E-state index contributed by atoms with van der Waals surface area (Å²) in [5.74, 6) is 0.829. The van der Waals surface area contributed by atoms with E-state index < -0.39 is 0 Å². The molecule has 2 aliphatic rings.